The smallest absolute Gasteiger partial charge is 0.280 e. The number of nitrogens with two attached hydrogens (primary N) is 1. The molecule has 2 aromatic rings. The van der Waals surface area contributed by atoms with E-state index < -0.39 is 4.92 Å². The monoisotopic (exact) mass is 253 g/mol. The van der Waals surface area contributed by atoms with Crippen LogP contribution in [-0.2, 0) is 0 Å². The average molecular weight is 254 g/mol. The number of nitrogen functional groups attached to an aromatic ring is 1. The molecule has 7 heteroatoms. The van der Waals surface area contributed by atoms with Crippen LogP contribution >= 0.6 is 11.6 Å². The van der Waals surface area contributed by atoms with Gasteiger partial charge < -0.3 is 10.3 Å². The molecule has 0 aliphatic carbocycles. The van der Waals surface area contributed by atoms with Crippen LogP contribution in [0.25, 0.3) is 11.3 Å². The molecule has 0 bridgehead atoms. The Bertz CT molecular complexity index is 594. The zero-order valence-electron chi connectivity index (χ0n) is 8.81. The van der Waals surface area contributed by atoms with Gasteiger partial charge in [-0.3, -0.25) is 10.1 Å². The number of halogens is 1. The molecular formula is C10H8ClN3O3. The highest BCUT2D eigenvalue weighted by molar-refractivity contribution is 6.30. The van der Waals surface area contributed by atoms with Gasteiger partial charge in [-0.1, -0.05) is 16.8 Å². The zero-order valence-corrected chi connectivity index (χ0v) is 9.56. The van der Waals surface area contributed by atoms with Gasteiger partial charge in [0.2, 0.25) is 5.88 Å². The second-order valence-electron chi connectivity index (χ2n) is 3.44. The summed E-state index contributed by atoms with van der Waals surface area (Å²) < 4.78 is 4.79. The number of benzene rings is 1. The highest BCUT2D eigenvalue weighted by Crippen LogP contribution is 2.34. The third kappa shape index (κ3) is 1.94. The average Bonchev–Trinajstić information content (AvgIpc) is 2.60. The lowest BCUT2D eigenvalue weighted by atomic mass is 10.1. The Morgan fingerprint density at radius 2 is 2.24 bits per heavy atom. The molecule has 0 amide bonds. The van der Waals surface area contributed by atoms with Crippen LogP contribution in [-0.4, -0.2) is 10.1 Å². The Morgan fingerprint density at radius 3 is 2.76 bits per heavy atom. The van der Waals surface area contributed by atoms with Gasteiger partial charge in [-0.2, -0.15) is 0 Å². The number of nitrogens with zero attached hydrogens (tertiary/aromatic N) is 2. The lowest BCUT2D eigenvalue weighted by Crippen LogP contribution is -1.93. The topological polar surface area (TPSA) is 95.2 Å². The largest absolute Gasteiger partial charge is 0.367 e. The maximum absolute atomic E-state index is 10.9. The van der Waals surface area contributed by atoms with Gasteiger partial charge in [0.15, 0.2) is 0 Å². The van der Waals surface area contributed by atoms with Crippen LogP contribution < -0.4 is 5.73 Å². The summed E-state index contributed by atoms with van der Waals surface area (Å²) in [6, 6.07) is 4.33. The van der Waals surface area contributed by atoms with Gasteiger partial charge in [0.25, 0.3) is 5.69 Å². The predicted octanol–water partition coefficient (Wildman–Crippen LogP) is 2.79. The van der Waals surface area contributed by atoms with E-state index in [1.165, 1.54) is 12.1 Å². The molecular weight excluding hydrogens is 246 g/mol. The zero-order chi connectivity index (χ0) is 12.6. The second kappa shape index (κ2) is 4.06. The Morgan fingerprint density at radius 1 is 1.53 bits per heavy atom. The van der Waals surface area contributed by atoms with Crippen LogP contribution in [0.15, 0.2) is 22.7 Å². The van der Waals surface area contributed by atoms with Crippen molar-refractivity contribution in [1.29, 1.82) is 0 Å². The van der Waals surface area contributed by atoms with Gasteiger partial charge in [-0.15, -0.1) is 0 Å². The van der Waals surface area contributed by atoms with Crippen molar-refractivity contribution in [3.8, 4) is 11.3 Å². The molecule has 6 nitrogen and oxygen atoms in total. The van der Waals surface area contributed by atoms with Gasteiger partial charge in [-0.05, 0) is 19.1 Å². The molecule has 0 saturated heterocycles. The van der Waals surface area contributed by atoms with Crippen molar-refractivity contribution in [2.75, 3.05) is 5.73 Å². The van der Waals surface area contributed by atoms with Crippen LogP contribution in [0.4, 0.5) is 11.6 Å². The molecule has 0 atom stereocenters. The number of aromatic nitrogens is 1. The Hall–Kier alpha value is -2.08. The molecule has 88 valence electrons. The number of rotatable bonds is 2. The van der Waals surface area contributed by atoms with Gasteiger partial charge in [0.1, 0.15) is 5.69 Å². The van der Waals surface area contributed by atoms with Crippen LogP contribution in [0.2, 0.25) is 5.02 Å². The van der Waals surface area contributed by atoms with E-state index in [9.17, 15) is 10.1 Å². The van der Waals surface area contributed by atoms with Crippen molar-refractivity contribution in [1.82, 2.24) is 5.16 Å². The molecule has 0 fully saturated rings. The van der Waals surface area contributed by atoms with E-state index in [1.54, 1.807) is 13.0 Å². The Labute approximate surface area is 101 Å². The molecule has 0 unspecified atom stereocenters. The molecule has 2 N–H and O–H groups in total. The number of hydrogen-bond acceptors (Lipinski definition) is 5. The molecule has 0 radical (unpaired) electrons. The first-order valence-electron chi connectivity index (χ1n) is 4.66. The van der Waals surface area contributed by atoms with E-state index in [2.05, 4.69) is 5.16 Å². The maximum Gasteiger partial charge on any atom is 0.280 e. The van der Waals surface area contributed by atoms with E-state index in [4.69, 9.17) is 21.9 Å². The van der Waals surface area contributed by atoms with Gasteiger partial charge >= 0.3 is 0 Å². The predicted molar refractivity (Wildman–Crippen MR) is 62.8 cm³/mol. The number of nitro groups is 1. The quantitative estimate of drug-likeness (QED) is 0.656. The summed E-state index contributed by atoms with van der Waals surface area (Å²) >= 11 is 5.72. The first kappa shape index (κ1) is 11.4. The van der Waals surface area contributed by atoms with Crippen LogP contribution in [0.1, 0.15) is 5.56 Å². The van der Waals surface area contributed by atoms with Crippen molar-refractivity contribution in [3.05, 3.63) is 38.9 Å². The molecule has 1 aromatic carbocycles. The van der Waals surface area contributed by atoms with Crippen molar-refractivity contribution in [2.45, 2.75) is 6.92 Å². The highest BCUT2D eigenvalue weighted by Gasteiger charge is 2.21. The molecule has 0 aliphatic rings. The van der Waals surface area contributed by atoms with E-state index in [1.807, 2.05) is 0 Å². The van der Waals surface area contributed by atoms with E-state index in [-0.39, 0.29) is 16.6 Å². The SMILES string of the molecule is Cc1c(-c2ccc(Cl)cc2[N+](=O)[O-])noc1N. The summed E-state index contributed by atoms with van der Waals surface area (Å²) in [4.78, 5) is 10.4. The van der Waals surface area contributed by atoms with Gasteiger partial charge in [0.05, 0.1) is 10.5 Å². The van der Waals surface area contributed by atoms with Crippen molar-refractivity contribution < 1.29 is 9.45 Å². The molecule has 0 aliphatic heterocycles. The Balaban J connectivity index is 2.67. The fourth-order valence-electron chi connectivity index (χ4n) is 1.46. The summed E-state index contributed by atoms with van der Waals surface area (Å²) in [5.74, 6) is 0.143. The number of anilines is 1. The minimum Gasteiger partial charge on any atom is -0.367 e. The normalized spacial score (nSPS) is 10.5. The minimum absolute atomic E-state index is 0.131. The fraction of sp³-hybridized carbons (Fsp3) is 0.100. The van der Waals surface area contributed by atoms with Gasteiger partial charge in [0, 0.05) is 16.7 Å². The first-order valence-corrected chi connectivity index (χ1v) is 5.04. The molecule has 1 heterocycles. The number of hydrogen-bond donors (Lipinski definition) is 1. The highest BCUT2D eigenvalue weighted by atomic mass is 35.5. The van der Waals surface area contributed by atoms with Crippen LogP contribution in [0.3, 0.4) is 0 Å². The van der Waals surface area contributed by atoms with Crippen LogP contribution in [0, 0.1) is 17.0 Å². The third-order valence-corrected chi connectivity index (χ3v) is 2.61. The first-order chi connectivity index (χ1) is 8.00. The standard InChI is InChI=1S/C10H8ClN3O3/c1-5-9(13-17-10(5)12)7-3-2-6(11)4-8(7)14(15)16/h2-4H,12H2,1H3. The summed E-state index contributed by atoms with van der Waals surface area (Å²) in [7, 11) is 0. The van der Waals surface area contributed by atoms with Gasteiger partial charge in [-0.25, -0.2) is 0 Å². The summed E-state index contributed by atoms with van der Waals surface area (Å²) in [5.41, 5.74) is 6.63. The molecule has 17 heavy (non-hydrogen) atoms. The molecule has 1 aromatic heterocycles. The Kier molecular flexibility index (Phi) is 2.72. The fourth-order valence-corrected chi connectivity index (χ4v) is 1.62. The van der Waals surface area contributed by atoms with Crippen molar-refractivity contribution in [2.24, 2.45) is 0 Å². The van der Waals surface area contributed by atoms with Crippen molar-refractivity contribution in [3.63, 3.8) is 0 Å². The summed E-state index contributed by atoms with van der Waals surface area (Å²) in [5, 5.41) is 14.9. The van der Waals surface area contributed by atoms with E-state index in [0.29, 0.717) is 16.8 Å². The molecule has 0 saturated carbocycles. The lowest BCUT2D eigenvalue weighted by molar-refractivity contribution is -0.384. The number of nitro benzene ring substituents is 1. The molecule has 2 rings (SSSR count). The maximum atomic E-state index is 10.9. The lowest BCUT2D eigenvalue weighted by Gasteiger charge is -2.00. The van der Waals surface area contributed by atoms with Crippen LogP contribution in [0.5, 0.6) is 0 Å². The second-order valence-corrected chi connectivity index (χ2v) is 3.88. The molecule has 0 spiro atoms. The van der Waals surface area contributed by atoms with E-state index in [0.717, 1.165) is 0 Å². The van der Waals surface area contributed by atoms with E-state index >= 15 is 0 Å². The minimum atomic E-state index is -0.522. The summed E-state index contributed by atoms with van der Waals surface area (Å²) in [6.07, 6.45) is 0. The van der Waals surface area contributed by atoms with Crippen molar-refractivity contribution >= 4 is 23.2 Å². The third-order valence-electron chi connectivity index (χ3n) is 2.37. The summed E-state index contributed by atoms with van der Waals surface area (Å²) in [6.45, 7) is 1.68.